The zero-order valence-corrected chi connectivity index (χ0v) is 18.8. The normalized spacial score (nSPS) is 22.1. The van der Waals surface area contributed by atoms with Gasteiger partial charge in [0, 0.05) is 13.0 Å². The first kappa shape index (κ1) is 25.1. The van der Waals surface area contributed by atoms with E-state index in [0.717, 1.165) is 0 Å². The number of pyridine rings is 1. The molecule has 1 aromatic carbocycles. The van der Waals surface area contributed by atoms with E-state index in [1.54, 1.807) is 24.0 Å². The smallest absolute Gasteiger partial charge is 0.486 e. The fourth-order valence-electron chi connectivity index (χ4n) is 4.19. The zero-order valence-electron chi connectivity index (χ0n) is 18.8. The number of ether oxygens (including phenoxy) is 5. The van der Waals surface area contributed by atoms with Crippen molar-refractivity contribution in [2.24, 2.45) is 0 Å². The number of amides is 1. The Hall–Kier alpha value is -2.96. The van der Waals surface area contributed by atoms with Gasteiger partial charge in [-0.05, 0) is 36.8 Å². The van der Waals surface area contributed by atoms with Crippen LogP contribution in [-0.2, 0) is 19.8 Å². The minimum Gasteiger partial charge on any atom is -0.486 e. The van der Waals surface area contributed by atoms with Gasteiger partial charge >= 0.3 is 6.36 Å². The highest BCUT2D eigenvalue weighted by molar-refractivity contribution is 5.92. The van der Waals surface area contributed by atoms with Crippen molar-refractivity contribution < 1.29 is 46.0 Å². The molecule has 12 heteroatoms. The maximum Gasteiger partial charge on any atom is 0.522 e. The van der Waals surface area contributed by atoms with Crippen molar-refractivity contribution in [1.82, 2.24) is 9.88 Å². The molecule has 0 saturated carbocycles. The molecular weight excluding hydrogens is 476 g/mol. The average molecular weight is 500 g/mol. The number of likely N-dealkylation sites (tertiary alicyclic amines) is 1. The maximum atomic E-state index is 13.8. The molecule has 2 aliphatic heterocycles. The number of benzene rings is 1. The van der Waals surface area contributed by atoms with Crippen LogP contribution >= 0.6 is 0 Å². The summed E-state index contributed by atoms with van der Waals surface area (Å²) in [5.41, 5.74) is -0.122. The number of piperidine rings is 1. The molecule has 2 fully saturated rings. The maximum absolute atomic E-state index is 13.8. The van der Waals surface area contributed by atoms with E-state index in [4.69, 9.17) is 18.9 Å². The van der Waals surface area contributed by atoms with Gasteiger partial charge in [0.2, 0.25) is 0 Å². The standard InChI is InChI=1S/C23H24F4N2O6/c1-2-31-20-18(32-10-11-34-23(25,26)27)7-6-17(28-20)21(30)29-9-8-22(19(13-29)33-14-35-22)15-4-3-5-16(24)12-15/h3-7,12,19H,2,8-11,13-14H2,1H3/t19-,22-/m1/s1. The van der Waals surface area contributed by atoms with Crippen LogP contribution in [0.2, 0.25) is 0 Å². The van der Waals surface area contributed by atoms with E-state index in [1.807, 2.05) is 0 Å². The fraction of sp³-hybridized carbons (Fsp3) is 0.478. The van der Waals surface area contributed by atoms with Gasteiger partial charge in [0.1, 0.15) is 36.6 Å². The van der Waals surface area contributed by atoms with E-state index < -0.39 is 24.7 Å². The van der Waals surface area contributed by atoms with E-state index in [0.29, 0.717) is 18.5 Å². The van der Waals surface area contributed by atoms with Crippen molar-refractivity contribution in [2.75, 3.05) is 39.7 Å². The van der Waals surface area contributed by atoms with Crippen molar-refractivity contribution in [3.8, 4) is 11.6 Å². The van der Waals surface area contributed by atoms with E-state index in [9.17, 15) is 22.4 Å². The molecule has 0 N–H and O–H groups in total. The van der Waals surface area contributed by atoms with Crippen LogP contribution < -0.4 is 9.47 Å². The summed E-state index contributed by atoms with van der Waals surface area (Å²) in [6.45, 7) is 1.35. The fourth-order valence-corrected chi connectivity index (χ4v) is 4.19. The van der Waals surface area contributed by atoms with Crippen molar-refractivity contribution >= 4 is 5.91 Å². The molecule has 0 radical (unpaired) electrons. The van der Waals surface area contributed by atoms with Crippen LogP contribution in [0.15, 0.2) is 36.4 Å². The van der Waals surface area contributed by atoms with Crippen LogP contribution in [-0.4, -0.2) is 68.0 Å². The number of fused-ring (bicyclic) bond motifs is 1. The molecule has 0 spiro atoms. The molecule has 0 bridgehead atoms. The Morgan fingerprint density at radius 1 is 1.23 bits per heavy atom. The van der Waals surface area contributed by atoms with Crippen LogP contribution in [0.1, 0.15) is 29.4 Å². The van der Waals surface area contributed by atoms with Crippen LogP contribution in [0.5, 0.6) is 11.6 Å². The first-order valence-corrected chi connectivity index (χ1v) is 11.0. The van der Waals surface area contributed by atoms with Gasteiger partial charge in [0.15, 0.2) is 5.75 Å². The third-order valence-corrected chi connectivity index (χ3v) is 5.78. The topological polar surface area (TPSA) is 79.4 Å². The second-order valence-corrected chi connectivity index (χ2v) is 7.89. The quantitative estimate of drug-likeness (QED) is 0.405. The molecule has 8 nitrogen and oxygen atoms in total. The highest BCUT2D eigenvalue weighted by Gasteiger charge is 2.51. The monoisotopic (exact) mass is 500 g/mol. The summed E-state index contributed by atoms with van der Waals surface area (Å²) in [7, 11) is 0. The Balaban J connectivity index is 1.45. The number of rotatable bonds is 8. The number of alkyl halides is 3. The lowest BCUT2D eigenvalue weighted by atomic mass is 9.82. The summed E-state index contributed by atoms with van der Waals surface area (Å²) in [6.07, 6.45) is -4.86. The van der Waals surface area contributed by atoms with Crippen molar-refractivity contribution in [1.29, 1.82) is 0 Å². The molecule has 190 valence electrons. The van der Waals surface area contributed by atoms with Gasteiger partial charge in [0.05, 0.1) is 19.8 Å². The summed E-state index contributed by atoms with van der Waals surface area (Å²) in [6, 6.07) is 8.96. The zero-order chi connectivity index (χ0) is 25.1. The molecule has 1 aromatic heterocycles. The molecule has 4 rings (SSSR count). The Morgan fingerprint density at radius 2 is 2.06 bits per heavy atom. The number of aromatic nitrogens is 1. The van der Waals surface area contributed by atoms with Crippen LogP contribution in [0.4, 0.5) is 17.6 Å². The lowest BCUT2D eigenvalue weighted by Crippen LogP contribution is -2.53. The van der Waals surface area contributed by atoms with E-state index >= 15 is 0 Å². The summed E-state index contributed by atoms with van der Waals surface area (Å²) >= 11 is 0. The third kappa shape index (κ3) is 5.65. The third-order valence-electron chi connectivity index (χ3n) is 5.78. The second-order valence-electron chi connectivity index (χ2n) is 7.89. The number of hydrogen-bond acceptors (Lipinski definition) is 7. The Morgan fingerprint density at radius 3 is 2.80 bits per heavy atom. The second kappa shape index (κ2) is 10.3. The van der Waals surface area contributed by atoms with Gasteiger partial charge in [0.25, 0.3) is 11.8 Å². The molecule has 2 aromatic rings. The van der Waals surface area contributed by atoms with Crippen molar-refractivity contribution in [3.63, 3.8) is 0 Å². The summed E-state index contributed by atoms with van der Waals surface area (Å²) < 4.78 is 76.2. The number of carbonyl (C=O) groups excluding carboxylic acids is 1. The van der Waals surface area contributed by atoms with Gasteiger partial charge in [-0.1, -0.05) is 12.1 Å². The minimum atomic E-state index is -4.75. The molecule has 2 atom stereocenters. The first-order chi connectivity index (χ1) is 16.7. The van der Waals surface area contributed by atoms with E-state index in [1.165, 1.54) is 24.3 Å². The highest BCUT2D eigenvalue weighted by atomic mass is 19.4. The van der Waals surface area contributed by atoms with Gasteiger partial charge in [-0.15, -0.1) is 13.2 Å². The predicted octanol–water partition coefficient (Wildman–Crippen LogP) is 3.65. The number of nitrogens with zero attached hydrogens (tertiary/aromatic N) is 2. The van der Waals surface area contributed by atoms with Crippen molar-refractivity contribution in [2.45, 2.75) is 31.4 Å². The van der Waals surface area contributed by atoms with E-state index in [-0.39, 0.29) is 55.6 Å². The number of halogens is 4. The molecule has 0 unspecified atom stereocenters. The minimum absolute atomic E-state index is 0.0167. The number of carbonyl (C=O) groups is 1. The molecule has 1 amide bonds. The Kier molecular flexibility index (Phi) is 7.43. The van der Waals surface area contributed by atoms with Crippen LogP contribution in [0.25, 0.3) is 0 Å². The van der Waals surface area contributed by atoms with Gasteiger partial charge in [-0.2, -0.15) is 0 Å². The molecule has 2 aliphatic rings. The highest BCUT2D eigenvalue weighted by Crippen LogP contribution is 2.43. The van der Waals surface area contributed by atoms with Crippen molar-refractivity contribution in [3.05, 3.63) is 53.5 Å². The van der Waals surface area contributed by atoms with Crippen LogP contribution in [0.3, 0.4) is 0 Å². The van der Waals surface area contributed by atoms with Gasteiger partial charge < -0.3 is 23.8 Å². The SMILES string of the molecule is CCOc1nc(C(=O)N2CC[C@]3(c4cccc(F)c4)OCO[C@@H]3C2)ccc1OCCOC(F)(F)F. The molecule has 2 saturated heterocycles. The van der Waals surface area contributed by atoms with Gasteiger partial charge in [-0.25, -0.2) is 9.37 Å². The average Bonchev–Trinajstić information content (AvgIpc) is 3.26. The lowest BCUT2D eigenvalue weighted by Gasteiger charge is -2.41. The van der Waals surface area contributed by atoms with Crippen LogP contribution in [0, 0.1) is 5.82 Å². The Labute approximate surface area is 198 Å². The van der Waals surface area contributed by atoms with Gasteiger partial charge in [-0.3, -0.25) is 9.53 Å². The van der Waals surface area contributed by atoms with E-state index in [2.05, 4.69) is 9.72 Å². The summed E-state index contributed by atoms with van der Waals surface area (Å²) in [4.78, 5) is 19.0. The lowest BCUT2D eigenvalue weighted by molar-refractivity contribution is -0.325. The molecular formula is C23H24F4N2O6. The summed E-state index contributed by atoms with van der Waals surface area (Å²) in [5.74, 6) is -0.701. The summed E-state index contributed by atoms with van der Waals surface area (Å²) in [5, 5.41) is 0. The molecule has 3 heterocycles. The first-order valence-electron chi connectivity index (χ1n) is 11.0. The predicted molar refractivity (Wildman–Crippen MR) is 112 cm³/mol. The molecule has 35 heavy (non-hydrogen) atoms. The molecule has 0 aliphatic carbocycles. The Bertz CT molecular complexity index is 1050. The number of hydrogen-bond donors (Lipinski definition) is 0. The largest absolute Gasteiger partial charge is 0.522 e.